The highest BCUT2D eigenvalue weighted by Crippen LogP contribution is 2.29. The first-order valence-corrected chi connectivity index (χ1v) is 8.13. The number of benzene rings is 1. The Labute approximate surface area is 122 Å². The van der Waals surface area contributed by atoms with Gasteiger partial charge in [-0.1, -0.05) is 56.3 Å². The molecule has 0 aromatic heterocycles. The van der Waals surface area contributed by atoms with Crippen LogP contribution in [0, 0.1) is 5.92 Å². The van der Waals surface area contributed by atoms with E-state index < -0.39 is 0 Å². The number of nitrogens with one attached hydrogen (secondary N) is 1. The van der Waals surface area contributed by atoms with Crippen LogP contribution >= 0.6 is 11.6 Å². The fraction of sp³-hybridized carbons (Fsp3) is 0.647. The van der Waals surface area contributed by atoms with Crippen LogP contribution in [0.5, 0.6) is 0 Å². The fourth-order valence-electron chi connectivity index (χ4n) is 3.25. The maximum absolute atomic E-state index is 6.07. The second-order valence-corrected chi connectivity index (χ2v) is 6.25. The first-order chi connectivity index (χ1) is 9.28. The van der Waals surface area contributed by atoms with Crippen molar-refractivity contribution in [1.82, 2.24) is 5.32 Å². The first-order valence-electron chi connectivity index (χ1n) is 7.75. The van der Waals surface area contributed by atoms with Gasteiger partial charge < -0.3 is 5.32 Å². The molecule has 0 bridgehead atoms. The lowest BCUT2D eigenvalue weighted by Crippen LogP contribution is -2.31. The molecule has 1 saturated carbocycles. The van der Waals surface area contributed by atoms with Crippen LogP contribution < -0.4 is 5.32 Å². The summed E-state index contributed by atoms with van der Waals surface area (Å²) in [4.78, 5) is 0. The van der Waals surface area contributed by atoms with E-state index in [1.807, 2.05) is 6.07 Å². The van der Waals surface area contributed by atoms with Gasteiger partial charge in [-0.3, -0.25) is 0 Å². The summed E-state index contributed by atoms with van der Waals surface area (Å²) < 4.78 is 0. The van der Waals surface area contributed by atoms with Crippen LogP contribution in [0.4, 0.5) is 0 Å². The van der Waals surface area contributed by atoms with Gasteiger partial charge in [-0.05, 0) is 49.4 Å². The molecule has 0 radical (unpaired) electrons. The third-order valence-corrected chi connectivity index (χ3v) is 4.50. The van der Waals surface area contributed by atoms with Gasteiger partial charge in [0.15, 0.2) is 0 Å². The van der Waals surface area contributed by atoms with Crippen LogP contribution in [0.2, 0.25) is 5.02 Å². The normalized spacial score (nSPS) is 17.8. The van der Waals surface area contributed by atoms with E-state index in [9.17, 15) is 0 Å². The highest BCUT2D eigenvalue weighted by atomic mass is 35.5. The van der Waals surface area contributed by atoms with Gasteiger partial charge in [0, 0.05) is 11.1 Å². The molecule has 106 valence electrons. The zero-order chi connectivity index (χ0) is 13.5. The Morgan fingerprint density at radius 3 is 2.79 bits per heavy atom. The van der Waals surface area contributed by atoms with E-state index >= 15 is 0 Å². The predicted octanol–water partition coefficient (Wildman–Crippen LogP) is 4.83. The highest BCUT2D eigenvalue weighted by Gasteiger charge is 2.17. The van der Waals surface area contributed by atoms with Crippen molar-refractivity contribution in [2.75, 3.05) is 6.54 Å². The summed E-state index contributed by atoms with van der Waals surface area (Å²) in [5, 5.41) is 4.48. The number of hydrogen-bond acceptors (Lipinski definition) is 1. The third kappa shape index (κ3) is 5.16. The van der Waals surface area contributed by atoms with E-state index in [-0.39, 0.29) is 0 Å². The quantitative estimate of drug-likeness (QED) is 0.754. The van der Waals surface area contributed by atoms with E-state index in [1.54, 1.807) is 0 Å². The smallest absolute Gasteiger partial charge is 0.0408 e. The van der Waals surface area contributed by atoms with Gasteiger partial charge in [0.25, 0.3) is 0 Å². The molecule has 0 spiro atoms. The molecule has 0 saturated heterocycles. The van der Waals surface area contributed by atoms with Crippen molar-refractivity contribution in [3.8, 4) is 0 Å². The topological polar surface area (TPSA) is 12.0 Å². The number of halogens is 1. The van der Waals surface area contributed by atoms with Gasteiger partial charge in [0.1, 0.15) is 0 Å². The van der Waals surface area contributed by atoms with Crippen molar-refractivity contribution in [3.05, 3.63) is 34.9 Å². The zero-order valence-corrected chi connectivity index (χ0v) is 12.8. The van der Waals surface area contributed by atoms with E-state index in [0.717, 1.165) is 23.9 Å². The van der Waals surface area contributed by atoms with Gasteiger partial charge in [0.2, 0.25) is 0 Å². The summed E-state index contributed by atoms with van der Waals surface area (Å²) in [5.41, 5.74) is 1.35. The van der Waals surface area contributed by atoms with Gasteiger partial charge in [-0.15, -0.1) is 0 Å². The maximum Gasteiger partial charge on any atom is 0.0408 e. The summed E-state index contributed by atoms with van der Waals surface area (Å²) in [5.74, 6) is 0.987. The third-order valence-electron chi connectivity index (χ3n) is 4.26. The average molecular weight is 280 g/mol. The van der Waals surface area contributed by atoms with Crippen LogP contribution in [0.3, 0.4) is 0 Å². The summed E-state index contributed by atoms with van der Waals surface area (Å²) in [6, 6.07) is 8.89. The Balaban J connectivity index is 1.84. The molecule has 1 unspecified atom stereocenters. The van der Waals surface area contributed by atoms with E-state index in [0.29, 0.717) is 6.04 Å². The second-order valence-electron chi connectivity index (χ2n) is 5.82. The largest absolute Gasteiger partial charge is 0.314 e. The second kappa shape index (κ2) is 7.91. The van der Waals surface area contributed by atoms with Crippen LogP contribution in [-0.2, 0) is 6.42 Å². The van der Waals surface area contributed by atoms with E-state index in [1.165, 1.54) is 44.1 Å². The Morgan fingerprint density at radius 2 is 2.11 bits per heavy atom. The molecule has 1 N–H and O–H groups in total. The van der Waals surface area contributed by atoms with Crippen molar-refractivity contribution >= 4 is 11.6 Å². The molecule has 2 heteroatoms. The molecule has 1 atom stereocenters. The molecule has 1 aromatic carbocycles. The molecule has 0 aliphatic heterocycles. The van der Waals surface area contributed by atoms with Gasteiger partial charge in [-0.2, -0.15) is 0 Å². The van der Waals surface area contributed by atoms with Crippen molar-refractivity contribution in [3.63, 3.8) is 0 Å². The van der Waals surface area contributed by atoms with Crippen molar-refractivity contribution < 1.29 is 0 Å². The zero-order valence-electron chi connectivity index (χ0n) is 12.0. The molecule has 1 aliphatic carbocycles. The standard InChI is InChI=1S/C17H26ClN/c1-2-19-17(11-10-14-6-3-4-7-14)13-15-8-5-9-16(18)12-15/h5,8-9,12,14,17,19H,2-4,6-7,10-11,13H2,1H3. The highest BCUT2D eigenvalue weighted by molar-refractivity contribution is 6.30. The number of hydrogen-bond donors (Lipinski definition) is 1. The Bertz CT molecular complexity index is 371. The van der Waals surface area contributed by atoms with Crippen molar-refractivity contribution in [2.24, 2.45) is 5.92 Å². The molecule has 1 fully saturated rings. The molecule has 0 heterocycles. The van der Waals surface area contributed by atoms with Crippen LogP contribution in [0.15, 0.2) is 24.3 Å². The molecule has 1 aliphatic rings. The maximum atomic E-state index is 6.07. The lowest BCUT2D eigenvalue weighted by molar-refractivity contribution is 0.407. The van der Waals surface area contributed by atoms with Crippen molar-refractivity contribution in [1.29, 1.82) is 0 Å². The summed E-state index contributed by atoms with van der Waals surface area (Å²) in [7, 11) is 0. The minimum Gasteiger partial charge on any atom is -0.314 e. The fourth-order valence-corrected chi connectivity index (χ4v) is 3.46. The first kappa shape index (κ1) is 14.9. The van der Waals surface area contributed by atoms with Gasteiger partial charge in [-0.25, -0.2) is 0 Å². The monoisotopic (exact) mass is 279 g/mol. The van der Waals surface area contributed by atoms with Gasteiger partial charge >= 0.3 is 0 Å². The summed E-state index contributed by atoms with van der Waals surface area (Å²) >= 11 is 6.07. The average Bonchev–Trinajstić information content (AvgIpc) is 2.89. The minimum absolute atomic E-state index is 0.601. The van der Waals surface area contributed by atoms with Crippen LogP contribution in [0.1, 0.15) is 51.0 Å². The molecule has 1 nitrogen and oxygen atoms in total. The molecular weight excluding hydrogens is 254 g/mol. The minimum atomic E-state index is 0.601. The lowest BCUT2D eigenvalue weighted by Gasteiger charge is -2.20. The molecular formula is C17H26ClN. The van der Waals surface area contributed by atoms with Crippen LogP contribution in [0.25, 0.3) is 0 Å². The van der Waals surface area contributed by atoms with Gasteiger partial charge in [0.05, 0.1) is 0 Å². The Hall–Kier alpha value is -0.530. The molecule has 0 amide bonds. The van der Waals surface area contributed by atoms with E-state index in [2.05, 4.69) is 30.4 Å². The Kier molecular flexibility index (Phi) is 6.19. The molecule has 2 rings (SSSR count). The molecule has 1 aromatic rings. The predicted molar refractivity (Wildman–Crippen MR) is 83.8 cm³/mol. The molecule has 19 heavy (non-hydrogen) atoms. The Morgan fingerprint density at radius 1 is 1.32 bits per heavy atom. The number of likely N-dealkylation sites (N-methyl/N-ethyl adjacent to an activating group) is 1. The summed E-state index contributed by atoms with van der Waals surface area (Å²) in [6.45, 7) is 3.25. The van der Waals surface area contributed by atoms with Crippen molar-refractivity contribution in [2.45, 2.75) is 57.9 Å². The van der Waals surface area contributed by atoms with E-state index in [4.69, 9.17) is 11.6 Å². The van der Waals surface area contributed by atoms with Crippen LogP contribution in [-0.4, -0.2) is 12.6 Å². The lowest BCUT2D eigenvalue weighted by atomic mass is 9.95. The summed E-state index contributed by atoms with van der Waals surface area (Å²) in [6.07, 6.45) is 9.59. The number of rotatable bonds is 7. The SMILES string of the molecule is CCNC(CCC1CCCC1)Cc1cccc(Cl)c1.